The Balaban J connectivity index is 2.09. The van der Waals surface area contributed by atoms with Crippen LogP contribution in [0.2, 0.25) is 0 Å². The number of esters is 1. The van der Waals surface area contributed by atoms with Crippen molar-refractivity contribution >= 4 is 27.3 Å². The molecule has 8 heteroatoms. The highest BCUT2D eigenvalue weighted by Gasteiger charge is 2.16. The van der Waals surface area contributed by atoms with E-state index in [1.807, 2.05) is 6.07 Å². The van der Waals surface area contributed by atoms with Crippen molar-refractivity contribution in [3.8, 4) is 6.07 Å². The minimum Gasteiger partial charge on any atom is -0.457 e. The van der Waals surface area contributed by atoms with Gasteiger partial charge in [0.1, 0.15) is 10.8 Å². The molecule has 0 unspecified atom stereocenters. The Kier molecular flexibility index (Phi) is 4.37. The molecule has 2 rings (SSSR count). The van der Waals surface area contributed by atoms with E-state index in [4.69, 9.17) is 15.1 Å². The summed E-state index contributed by atoms with van der Waals surface area (Å²) in [4.78, 5) is 11.8. The number of hydrogen-bond donors (Lipinski definition) is 1. The summed E-state index contributed by atoms with van der Waals surface area (Å²) in [5.74, 6) is -0.672. The first-order valence-corrected chi connectivity index (χ1v) is 8.11. The van der Waals surface area contributed by atoms with Gasteiger partial charge in [-0.1, -0.05) is 18.2 Å². The molecule has 6 nitrogen and oxygen atoms in total. The standard InChI is InChI=1S/C13H10N2O4S2/c14-6-9-3-1-2-4-10(9)7-19-13(16)11-5-12(20-8-11)21(15,17)18/h1-5,8H,7H2,(H2,15,17,18). The van der Waals surface area contributed by atoms with Gasteiger partial charge in [0.15, 0.2) is 0 Å². The summed E-state index contributed by atoms with van der Waals surface area (Å²) >= 11 is 0.848. The number of primary sulfonamides is 1. The SMILES string of the molecule is N#Cc1ccccc1COC(=O)c1csc(S(N)(=O)=O)c1. The van der Waals surface area contributed by atoms with Gasteiger partial charge in [0.25, 0.3) is 0 Å². The number of sulfonamides is 1. The molecular formula is C13H10N2O4S2. The topological polar surface area (TPSA) is 110 Å². The minimum atomic E-state index is -3.83. The molecule has 0 atom stereocenters. The summed E-state index contributed by atoms with van der Waals surface area (Å²) in [7, 11) is -3.83. The van der Waals surface area contributed by atoms with Crippen LogP contribution in [0.4, 0.5) is 0 Å². The van der Waals surface area contributed by atoms with E-state index in [2.05, 4.69) is 0 Å². The number of benzene rings is 1. The van der Waals surface area contributed by atoms with E-state index in [9.17, 15) is 13.2 Å². The molecule has 0 aliphatic rings. The lowest BCUT2D eigenvalue weighted by Gasteiger charge is -2.05. The van der Waals surface area contributed by atoms with Crippen molar-refractivity contribution in [2.45, 2.75) is 10.8 Å². The summed E-state index contributed by atoms with van der Waals surface area (Å²) in [6, 6.07) is 9.90. The Morgan fingerprint density at radius 1 is 1.38 bits per heavy atom. The van der Waals surface area contributed by atoms with Crippen LogP contribution < -0.4 is 5.14 Å². The number of carbonyl (C=O) groups excluding carboxylic acids is 1. The summed E-state index contributed by atoms with van der Waals surface area (Å²) in [5, 5.41) is 15.3. The van der Waals surface area contributed by atoms with Gasteiger partial charge in [-0.2, -0.15) is 5.26 Å². The monoisotopic (exact) mass is 322 g/mol. The number of nitrogens with zero attached hydrogens (tertiary/aromatic N) is 1. The van der Waals surface area contributed by atoms with Crippen LogP contribution in [0.5, 0.6) is 0 Å². The normalized spacial score (nSPS) is 10.9. The third kappa shape index (κ3) is 3.66. The van der Waals surface area contributed by atoms with Gasteiger partial charge in [-0.15, -0.1) is 11.3 Å². The number of nitrogens with two attached hydrogens (primary N) is 1. The highest BCUT2D eigenvalue weighted by atomic mass is 32.2. The van der Waals surface area contributed by atoms with E-state index in [-0.39, 0.29) is 16.4 Å². The molecular weight excluding hydrogens is 312 g/mol. The number of nitriles is 1. The molecule has 0 saturated heterocycles. The molecule has 2 N–H and O–H groups in total. The molecule has 21 heavy (non-hydrogen) atoms. The molecule has 0 amide bonds. The maximum atomic E-state index is 11.8. The van der Waals surface area contributed by atoms with Crippen molar-refractivity contribution in [3.05, 3.63) is 52.4 Å². The van der Waals surface area contributed by atoms with Gasteiger partial charge in [0.2, 0.25) is 10.0 Å². The highest BCUT2D eigenvalue weighted by Crippen LogP contribution is 2.20. The lowest BCUT2D eigenvalue weighted by Crippen LogP contribution is -2.10. The van der Waals surface area contributed by atoms with Gasteiger partial charge in [-0.3, -0.25) is 0 Å². The zero-order chi connectivity index (χ0) is 15.5. The lowest BCUT2D eigenvalue weighted by atomic mass is 10.1. The largest absolute Gasteiger partial charge is 0.457 e. The second kappa shape index (κ2) is 6.05. The molecule has 0 aliphatic heterocycles. The van der Waals surface area contributed by atoms with Crippen molar-refractivity contribution in [2.24, 2.45) is 5.14 Å². The zero-order valence-corrected chi connectivity index (χ0v) is 12.3. The van der Waals surface area contributed by atoms with Crippen LogP contribution >= 0.6 is 11.3 Å². The van der Waals surface area contributed by atoms with Crippen LogP contribution in [-0.2, 0) is 21.4 Å². The molecule has 0 saturated carbocycles. The number of carbonyl (C=O) groups is 1. The predicted molar refractivity (Wildman–Crippen MR) is 76.0 cm³/mol. The highest BCUT2D eigenvalue weighted by molar-refractivity contribution is 7.91. The van der Waals surface area contributed by atoms with Crippen LogP contribution in [0.3, 0.4) is 0 Å². The molecule has 1 heterocycles. The second-order valence-electron chi connectivity index (χ2n) is 4.04. The van der Waals surface area contributed by atoms with Crippen LogP contribution in [-0.4, -0.2) is 14.4 Å². The van der Waals surface area contributed by atoms with E-state index < -0.39 is 16.0 Å². The van der Waals surface area contributed by atoms with Crippen molar-refractivity contribution in [3.63, 3.8) is 0 Å². The number of thiophene rings is 1. The molecule has 2 aromatic rings. The molecule has 1 aromatic heterocycles. The van der Waals surface area contributed by atoms with Crippen LogP contribution in [0, 0.1) is 11.3 Å². The number of ether oxygens (including phenoxy) is 1. The van der Waals surface area contributed by atoms with Crippen LogP contribution in [0.1, 0.15) is 21.5 Å². The molecule has 108 valence electrons. The molecule has 0 bridgehead atoms. The van der Waals surface area contributed by atoms with Crippen molar-refractivity contribution in [2.75, 3.05) is 0 Å². The third-order valence-electron chi connectivity index (χ3n) is 2.59. The summed E-state index contributed by atoms with van der Waals surface area (Å²) in [6.07, 6.45) is 0. The molecule has 0 spiro atoms. The molecule has 1 aromatic carbocycles. The van der Waals surface area contributed by atoms with E-state index >= 15 is 0 Å². The summed E-state index contributed by atoms with van der Waals surface area (Å²) in [5.41, 5.74) is 1.11. The number of rotatable bonds is 4. The Bertz CT molecular complexity index is 819. The first-order valence-electron chi connectivity index (χ1n) is 5.68. The van der Waals surface area contributed by atoms with Crippen molar-refractivity contribution < 1.29 is 17.9 Å². The summed E-state index contributed by atoms with van der Waals surface area (Å²) in [6.45, 7) is -0.0663. The van der Waals surface area contributed by atoms with Crippen molar-refractivity contribution in [1.82, 2.24) is 0 Å². The van der Waals surface area contributed by atoms with Gasteiger partial charge in [0.05, 0.1) is 17.2 Å². The Labute approximate surface area is 125 Å². The van der Waals surface area contributed by atoms with Crippen LogP contribution in [0.15, 0.2) is 39.9 Å². The second-order valence-corrected chi connectivity index (χ2v) is 6.74. The van der Waals surface area contributed by atoms with E-state index in [1.165, 1.54) is 11.4 Å². The predicted octanol–water partition coefficient (Wildman–Crippen LogP) is 1.62. The zero-order valence-electron chi connectivity index (χ0n) is 10.6. The molecule has 0 fully saturated rings. The lowest BCUT2D eigenvalue weighted by molar-refractivity contribution is 0.0473. The first kappa shape index (κ1) is 15.2. The third-order valence-corrected chi connectivity index (χ3v) is 4.97. The van der Waals surface area contributed by atoms with Gasteiger partial charge in [-0.25, -0.2) is 18.4 Å². The van der Waals surface area contributed by atoms with Crippen LogP contribution in [0.25, 0.3) is 0 Å². The van der Waals surface area contributed by atoms with E-state index in [0.29, 0.717) is 11.1 Å². The maximum Gasteiger partial charge on any atom is 0.339 e. The van der Waals surface area contributed by atoms with E-state index in [1.54, 1.807) is 24.3 Å². The fourth-order valence-corrected chi connectivity index (χ4v) is 3.13. The first-order chi connectivity index (χ1) is 9.91. The molecule has 0 aliphatic carbocycles. The van der Waals surface area contributed by atoms with Gasteiger partial charge < -0.3 is 4.74 Å². The van der Waals surface area contributed by atoms with Crippen molar-refractivity contribution in [1.29, 1.82) is 5.26 Å². The molecule has 0 radical (unpaired) electrons. The van der Waals surface area contributed by atoms with E-state index in [0.717, 1.165) is 11.3 Å². The maximum absolute atomic E-state index is 11.8. The Morgan fingerprint density at radius 2 is 2.10 bits per heavy atom. The fourth-order valence-electron chi connectivity index (χ4n) is 1.55. The summed E-state index contributed by atoms with van der Waals surface area (Å²) < 4.78 is 27.2. The van der Waals surface area contributed by atoms with Gasteiger partial charge in [0, 0.05) is 10.9 Å². The van der Waals surface area contributed by atoms with Gasteiger partial charge in [-0.05, 0) is 12.1 Å². The Hall–Kier alpha value is -2.21. The average molecular weight is 322 g/mol. The minimum absolute atomic E-state index is 0.0663. The fraction of sp³-hybridized carbons (Fsp3) is 0.0769. The average Bonchev–Trinajstić information content (AvgIpc) is 2.95. The number of hydrogen-bond acceptors (Lipinski definition) is 6. The van der Waals surface area contributed by atoms with Gasteiger partial charge >= 0.3 is 5.97 Å². The Morgan fingerprint density at radius 3 is 2.71 bits per heavy atom. The quantitative estimate of drug-likeness (QED) is 0.860. The smallest absolute Gasteiger partial charge is 0.339 e.